The molecule has 0 radical (unpaired) electrons. The molecule has 4 rings (SSSR count). The van der Waals surface area contributed by atoms with E-state index in [4.69, 9.17) is 4.74 Å². The van der Waals surface area contributed by atoms with Crippen LogP contribution in [-0.2, 0) is 10.0 Å². The van der Waals surface area contributed by atoms with Gasteiger partial charge in [-0.15, -0.1) is 0 Å². The van der Waals surface area contributed by atoms with E-state index in [1.165, 1.54) is 18.5 Å². The Morgan fingerprint density at radius 3 is 2.43 bits per heavy atom. The van der Waals surface area contributed by atoms with Gasteiger partial charge in [-0.05, 0) is 69.7 Å². The molecule has 42 heavy (non-hydrogen) atoms. The summed E-state index contributed by atoms with van der Waals surface area (Å²) in [6, 6.07) is 8.30. The smallest absolute Gasteiger partial charge is 0.265 e. The van der Waals surface area contributed by atoms with Crippen LogP contribution in [0.3, 0.4) is 0 Å². The highest BCUT2D eigenvalue weighted by atomic mass is 32.2. The van der Waals surface area contributed by atoms with E-state index in [0.717, 1.165) is 22.3 Å². The number of aryl methyl sites for hydroxylation is 2. The van der Waals surface area contributed by atoms with Gasteiger partial charge in [0, 0.05) is 30.1 Å². The van der Waals surface area contributed by atoms with Crippen LogP contribution in [-0.4, -0.2) is 52.4 Å². The Morgan fingerprint density at radius 1 is 1.12 bits per heavy atom. The van der Waals surface area contributed by atoms with Crippen molar-refractivity contribution in [1.82, 2.24) is 19.9 Å². The van der Waals surface area contributed by atoms with Crippen LogP contribution in [0.25, 0.3) is 11.3 Å². The summed E-state index contributed by atoms with van der Waals surface area (Å²) in [7, 11) is -4.20. The Morgan fingerprint density at radius 2 is 1.81 bits per heavy atom. The van der Waals surface area contributed by atoms with E-state index in [1.807, 2.05) is 58.9 Å². The lowest BCUT2D eigenvalue weighted by atomic mass is 9.91. The summed E-state index contributed by atoms with van der Waals surface area (Å²) in [6.07, 6.45) is 6.12. The summed E-state index contributed by atoms with van der Waals surface area (Å²) in [4.78, 5) is 29.0. The third-order valence-electron chi connectivity index (χ3n) is 7.22. The SMILES string of the molecule is C=C/C=C(\C)[C@@H]1Oc2cc(-c3c(C)cccc3C)nc(n2)NS(=O)(=O)c2cncc(c2)C(=O)N(C(C)C)[C@@H]1CC(C)C. The van der Waals surface area contributed by atoms with Gasteiger partial charge in [0.2, 0.25) is 11.8 Å². The van der Waals surface area contributed by atoms with Crippen LogP contribution >= 0.6 is 0 Å². The van der Waals surface area contributed by atoms with Crippen LogP contribution in [0, 0.1) is 19.8 Å². The Labute approximate surface area is 248 Å². The minimum atomic E-state index is -4.20. The normalized spacial score (nSPS) is 18.9. The van der Waals surface area contributed by atoms with Gasteiger partial charge in [0.25, 0.3) is 15.9 Å². The van der Waals surface area contributed by atoms with Gasteiger partial charge in [0.05, 0.1) is 17.3 Å². The number of anilines is 1. The molecule has 4 bridgehead atoms. The number of amides is 1. The van der Waals surface area contributed by atoms with Gasteiger partial charge in [0.15, 0.2) is 0 Å². The molecule has 2 aromatic heterocycles. The largest absolute Gasteiger partial charge is 0.467 e. The first-order chi connectivity index (χ1) is 19.8. The first kappa shape index (κ1) is 30.9. The molecular formula is C32H39N5O4S. The molecule has 10 heteroatoms. The standard InChI is InChI=1S/C32H39N5O4S/c1-9-11-23(8)30-27(14-19(2)3)37(20(4)5)31(38)24-15-25(18-33-17-24)42(39,40)36-32-34-26(16-28(35-32)41-30)29-21(6)12-10-13-22(29)7/h9-13,15-20,27,30H,1,14H2,2-8H3,(H,34,35,36)/b23-11+/t27-,30+/m1/s1. The number of hydrogen-bond donors (Lipinski definition) is 1. The summed E-state index contributed by atoms with van der Waals surface area (Å²) in [6.45, 7) is 17.8. The molecule has 0 unspecified atom stereocenters. The zero-order valence-electron chi connectivity index (χ0n) is 25.2. The predicted octanol–water partition coefficient (Wildman–Crippen LogP) is 6.11. The highest BCUT2D eigenvalue weighted by Crippen LogP contribution is 2.33. The van der Waals surface area contributed by atoms with Crippen LogP contribution in [0.4, 0.5) is 5.95 Å². The van der Waals surface area contributed by atoms with Gasteiger partial charge in [-0.2, -0.15) is 4.98 Å². The van der Waals surface area contributed by atoms with E-state index in [2.05, 4.69) is 40.1 Å². The van der Waals surface area contributed by atoms with E-state index >= 15 is 0 Å². The Balaban J connectivity index is 2.06. The second-order valence-electron chi connectivity index (χ2n) is 11.4. The minimum Gasteiger partial charge on any atom is -0.467 e. The topological polar surface area (TPSA) is 114 Å². The maximum absolute atomic E-state index is 14.1. The molecule has 0 saturated carbocycles. The molecule has 222 valence electrons. The Hall–Kier alpha value is -4.05. The molecule has 9 nitrogen and oxygen atoms in total. The number of allylic oxidation sites excluding steroid dienone is 2. The fourth-order valence-electron chi connectivity index (χ4n) is 5.41. The highest BCUT2D eigenvalue weighted by Gasteiger charge is 2.37. The van der Waals surface area contributed by atoms with Gasteiger partial charge in [-0.1, -0.05) is 50.8 Å². The van der Waals surface area contributed by atoms with Gasteiger partial charge in [-0.3, -0.25) is 9.78 Å². The summed E-state index contributed by atoms with van der Waals surface area (Å²) < 4.78 is 36.2. The van der Waals surface area contributed by atoms with E-state index in [1.54, 1.807) is 17.0 Å². The lowest BCUT2D eigenvalue weighted by Crippen LogP contribution is -2.53. The van der Waals surface area contributed by atoms with Crippen LogP contribution in [0.2, 0.25) is 0 Å². The first-order valence-corrected chi connectivity index (χ1v) is 15.5. The fourth-order valence-corrected chi connectivity index (χ4v) is 6.34. The number of fused-ring (bicyclic) bond motifs is 4. The number of carbonyl (C=O) groups is 1. The first-order valence-electron chi connectivity index (χ1n) is 14.0. The van der Waals surface area contributed by atoms with E-state index in [-0.39, 0.29) is 40.2 Å². The number of benzene rings is 1. The predicted molar refractivity (Wildman–Crippen MR) is 165 cm³/mol. The van der Waals surface area contributed by atoms with Crippen molar-refractivity contribution in [3.05, 3.63) is 83.7 Å². The molecule has 3 aromatic rings. The molecule has 1 aromatic carbocycles. The molecule has 1 N–H and O–H groups in total. The second-order valence-corrected chi connectivity index (χ2v) is 13.1. The van der Waals surface area contributed by atoms with E-state index in [0.29, 0.717) is 12.1 Å². The number of sulfonamides is 1. The molecule has 1 aliphatic heterocycles. The third kappa shape index (κ3) is 6.54. The molecule has 0 fully saturated rings. The van der Waals surface area contributed by atoms with E-state index in [9.17, 15) is 13.2 Å². The molecule has 3 heterocycles. The molecule has 0 spiro atoms. The average Bonchev–Trinajstić information content (AvgIpc) is 2.90. The van der Waals surface area contributed by atoms with Gasteiger partial charge in [0.1, 0.15) is 11.0 Å². The van der Waals surface area contributed by atoms with Crippen LogP contribution in [0.15, 0.2) is 71.9 Å². The molecule has 0 saturated heterocycles. The number of aromatic nitrogens is 3. The molecule has 0 aliphatic carbocycles. The number of ether oxygens (including phenoxy) is 1. The quantitative estimate of drug-likeness (QED) is 0.345. The van der Waals surface area contributed by atoms with Gasteiger partial charge >= 0.3 is 0 Å². The number of pyridine rings is 1. The lowest BCUT2D eigenvalue weighted by molar-refractivity contribution is 0.0344. The molecule has 1 aliphatic rings. The summed E-state index contributed by atoms with van der Waals surface area (Å²) >= 11 is 0. The van der Waals surface area contributed by atoms with Crippen molar-refractivity contribution < 1.29 is 17.9 Å². The third-order valence-corrected chi connectivity index (χ3v) is 8.52. The van der Waals surface area contributed by atoms with Crippen molar-refractivity contribution in [1.29, 1.82) is 0 Å². The van der Waals surface area contributed by atoms with Crippen molar-refractivity contribution in [2.75, 3.05) is 4.72 Å². The zero-order valence-corrected chi connectivity index (χ0v) is 26.1. The van der Waals surface area contributed by atoms with Crippen LogP contribution in [0.5, 0.6) is 5.88 Å². The number of rotatable bonds is 6. The summed E-state index contributed by atoms with van der Waals surface area (Å²) in [5.74, 6) is -0.101. The molecule has 2 atom stereocenters. The van der Waals surface area contributed by atoms with Crippen molar-refractivity contribution in [3.8, 4) is 17.1 Å². The Bertz CT molecular complexity index is 1610. The van der Waals surface area contributed by atoms with Crippen molar-refractivity contribution >= 4 is 21.9 Å². The molecule has 1 amide bonds. The van der Waals surface area contributed by atoms with Gasteiger partial charge < -0.3 is 9.64 Å². The zero-order chi connectivity index (χ0) is 30.8. The minimum absolute atomic E-state index is 0.147. The van der Waals surface area contributed by atoms with E-state index < -0.39 is 22.2 Å². The van der Waals surface area contributed by atoms with Gasteiger partial charge in [-0.25, -0.2) is 18.1 Å². The average molecular weight is 590 g/mol. The van der Waals surface area contributed by atoms with Crippen LogP contribution in [0.1, 0.15) is 62.5 Å². The van der Waals surface area contributed by atoms with Crippen LogP contribution < -0.4 is 9.46 Å². The summed E-state index contributed by atoms with van der Waals surface area (Å²) in [5, 5.41) is 0. The monoisotopic (exact) mass is 589 g/mol. The number of carbonyl (C=O) groups excluding carboxylic acids is 1. The Kier molecular flexibility index (Phi) is 9.15. The maximum Gasteiger partial charge on any atom is 0.265 e. The highest BCUT2D eigenvalue weighted by molar-refractivity contribution is 7.92. The van der Waals surface area contributed by atoms with Crippen molar-refractivity contribution in [2.24, 2.45) is 5.92 Å². The number of nitrogens with zero attached hydrogens (tertiary/aromatic N) is 4. The lowest BCUT2D eigenvalue weighted by Gasteiger charge is -2.40. The number of nitrogens with one attached hydrogen (secondary N) is 1. The molecular weight excluding hydrogens is 550 g/mol. The summed E-state index contributed by atoms with van der Waals surface area (Å²) in [5.41, 5.74) is 4.30. The maximum atomic E-state index is 14.1. The fraction of sp³-hybridized carbons (Fsp3) is 0.375. The second kappa shape index (κ2) is 12.4. The van der Waals surface area contributed by atoms with Crippen molar-refractivity contribution in [3.63, 3.8) is 0 Å². The number of hydrogen-bond acceptors (Lipinski definition) is 7. The van der Waals surface area contributed by atoms with Crippen molar-refractivity contribution in [2.45, 2.75) is 78.0 Å².